The van der Waals surface area contributed by atoms with Crippen LogP contribution >= 0.6 is 15.9 Å². The molecule has 0 saturated heterocycles. The molecule has 0 fully saturated rings. The summed E-state index contributed by atoms with van der Waals surface area (Å²) in [4.78, 5) is 4.04. The quantitative estimate of drug-likeness (QED) is 0.821. The zero-order valence-corrected chi connectivity index (χ0v) is 12.8. The average molecular weight is 369 g/mol. The van der Waals surface area contributed by atoms with Crippen molar-refractivity contribution < 1.29 is 18.6 Å². The second kappa shape index (κ2) is 6.81. The Morgan fingerprint density at radius 2 is 2.09 bits per heavy atom. The van der Waals surface area contributed by atoms with Gasteiger partial charge < -0.3 is 9.84 Å². The molecule has 0 aliphatic carbocycles. The van der Waals surface area contributed by atoms with Gasteiger partial charge in [-0.05, 0) is 39.7 Å². The highest BCUT2D eigenvalue weighted by molar-refractivity contribution is 9.10. The fourth-order valence-corrected chi connectivity index (χ4v) is 2.15. The Morgan fingerprint density at radius 1 is 1.32 bits per heavy atom. The van der Waals surface area contributed by atoms with E-state index in [0.29, 0.717) is 4.60 Å². The molecule has 0 bridgehead atoms. The summed E-state index contributed by atoms with van der Waals surface area (Å²) < 4.78 is 33.6. The molecular formula is C15H11BrF2N2O2. The topological polar surface area (TPSA) is 66.1 Å². The first-order valence-electron chi connectivity index (χ1n) is 6.24. The van der Waals surface area contributed by atoms with E-state index in [4.69, 9.17) is 15.1 Å². The molecule has 2 rings (SSSR count). The first-order valence-corrected chi connectivity index (χ1v) is 7.03. The fraction of sp³-hybridized carbons (Fsp3) is 0.200. The molecule has 1 heterocycles. The lowest BCUT2D eigenvalue weighted by atomic mass is 9.99. The molecule has 1 aromatic heterocycles. The van der Waals surface area contributed by atoms with Crippen molar-refractivity contribution in [3.8, 4) is 11.9 Å². The number of pyridine rings is 1. The van der Waals surface area contributed by atoms with E-state index in [-0.39, 0.29) is 23.6 Å². The number of rotatable bonds is 5. The van der Waals surface area contributed by atoms with Crippen LogP contribution in [0.15, 0.2) is 41.0 Å². The Balaban J connectivity index is 2.29. The Hall–Kier alpha value is -2.04. The van der Waals surface area contributed by atoms with E-state index < -0.39 is 18.1 Å². The van der Waals surface area contributed by atoms with Gasteiger partial charge in [0, 0.05) is 11.6 Å². The van der Waals surface area contributed by atoms with E-state index in [2.05, 4.69) is 20.9 Å². The van der Waals surface area contributed by atoms with Crippen LogP contribution in [0.5, 0.6) is 5.88 Å². The van der Waals surface area contributed by atoms with Gasteiger partial charge in [0.05, 0.1) is 11.6 Å². The van der Waals surface area contributed by atoms with Crippen molar-refractivity contribution in [2.75, 3.05) is 6.61 Å². The summed E-state index contributed by atoms with van der Waals surface area (Å²) in [7, 11) is 0. The van der Waals surface area contributed by atoms with Gasteiger partial charge in [0.2, 0.25) is 5.88 Å². The number of aliphatic hydroxyl groups is 1. The number of ether oxygens (including phenoxy) is 1. The van der Waals surface area contributed by atoms with Crippen LogP contribution in [0.4, 0.5) is 8.78 Å². The number of benzene rings is 1. The minimum absolute atomic E-state index is 0.0902. The molecule has 0 radical (unpaired) electrons. The van der Waals surface area contributed by atoms with Gasteiger partial charge in [0.25, 0.3) is 5.92 Å². The predicted molar refractivity (Wildman–Crippen MR) is 78.4 cm³/mol. The number of hydrogen-bond donors (Lipinski definition) is 1. The first kappa shape index (κ1) is 16.3. The molecule has 1 aromatic carbocycles. The van der Waals surface area contributed by atoms with Crippen LogP contribution in [0.3, 0.4) is 0 Å². The molecule has 1 N–H and O–H groups in total. The molecule has 22 heavy (non-hydrogen) atoms. The van der Waals surface area contributed by atoms with Gasteiger partial charge in [-0.2, -0.15) is 14.0 Å². The van der Waals surface area contributed by atoms with E-state index in [1.165, 1.54) is 12.1 Å². The fourth-order valence-electron chi connectivity index (χ4n) is 1.82. The maximum absolute atomic E-state index is 13.8. The summed E-state index contributed by atoms with van der Waals surface area (Å²) >= 11 is 3.18. The SMILES string of the molecule is N#Cc1ccc(COc2cccc(Br)n2)c(C(F)(F)CO)c1. The summed E-state index contributed by atoms with van der Waals surface area (Å²) in [5, 5.41) is 17.7. The molecule has 0 aliphatic rings. The van der Waals surface area contributed by atoms with Crippen LogP contribution in [0.25, 0.3) is 0 Å². The number of aromatic nitrogens is 1. The Labute approximate surface area is 134 Å². The van der Waals surface area contributed by atoms with Crippen LogP contribution in [0.2, 0.25) is 0 Å². The van der Waals surface area contributed by atoms with Crippen LogP contribution in [0, 0.1) is 11.3 Å². The molecule has 0 amide bonds. The van der Waals surface area contributed by atoms with Gasteiger partial charge in [0.15, 0.2) is 0 Å². The van der Waals surface area contributed by atoms with Crippen LogP contribution in [-0.4, -0.2) is 16.7 Å². The second-order valence-electron chi connectivity index (χ2n) is 4.43. The molecule has 2 aromatic rings. The molecule has 4 nitrogen and oxygen atoms in total. The minimum Gasteiger partial charge on any atom is -0.473 e. The lowest BCUT2D eigenvalue weighted by Crippen LogP contribution is -2.21. The number of aliphatic hydroxyl groups excluding tert-OH is 1. The maximum Gasteiger partial charge on any atom is 0.296 e. The Kier molecular flexibility index (Phi) is 5.06. The normalized spacial score (nSPS) is 11.0. The molecule has 0 saturated carbocycles. The van der Waals surface area contributed by atoms with Crippen LogP contribution in [-0.2, 0) is 12.5 Å². The standard InChI is InChI=1S/C15H11BrF2N2O2/c16-13-2-1-3-14(20-13)22-8-11-5-4-10(7-19)6-12(11)15(17,18)9-21/h1-6,21H,8-9H2. The van der Waals surface area contributed by atoms with E-state index in [1.54, 1.807) is 24.3 Å². The van der Waals surface area contributed by atoms with E-state index >= 15 is 0 Å². The highest BCUT2D eigenvalue weighted by Crippen LogP contribution is 2.31. The molecule has 0 spiro atoms. The number of nitrogens with zero attached hydrogens (tertiary/aromatic N) is 2. The summed E-state index contributed by atoms with van der Waals surface area (Å²) in [6.45, 7) is -1.50. The predicted octanol–water partition coefficient (Wildman–Crippen LogP) is 3.38. The largest absolute Gasteiger partial charge is 0.473 e. The van der Waals surface area contributed by atoms with E-state index in [0.717, 1.165) is 6.07 Å². The molecule has 0 aliphatic heterocycles. The average Bonchev–Trinajstić information content (AvgIpc) is 2.52. The van der Waals surface area contributed by atoms with Gasteiger partial charge in [-0.15, -0.1) is 0 Å². The van der Waals surface area contributed by atoms with Crippen molar-refractivity contribution in [3.63, 3.8) is 0 Å². The van der Waals surface area contributed by atoms with Crippen molar-refractivity contribution in [1.29, 1.82) is 5.26 Å². The lowest BCUT2D eigenvalue weighted by molar-refractivity contribution is -0.0568. The molecule has 114 valence electrons. The highest BCUT2D eigenvalue weighted by Gasteiger charge is 2.33. The van der Waals surface area contributed by atoms with E-state index in [1.807, 2.05) is 0 Å². The molecular weight excluding hydrogens is 358 g/mol. The monoisotopic (exact) mass is 368 g/mol. The Bertz CT molecular complexity index is 717. The van der Waals surface area contributed by atoms with Crippen molar-refractivity contribution in [2.24, 2.45) is 0 Å². The summed E-state index contributed by atoms with van der Waals surface area (Å²) in [5.74, 6) is -3.17. The van der Waals surface area contributed by atoms with Crippen LogP contribution in [0.1, 0.15) is 16.7 Å². The number of nitriles is 1. The number of halogens is 3. The van der Waals surface area contributed by atoms with Gasteiger partial charge in [0.1, 0.15) is 17.8 Å². The number of alkyl halides is 2. The van der Waals surface area contributed by atoms with Gasteiger partial charge >= 0.3 is 0 Å². The summed E-state index contributed by atoms with van der Waals surface area (Å²) in [6, 6.07) is 10.7. The second-order valence-corrected chi connectivity index (χ2v) is 5.25. The lowest BCUT2D eigenvalue weighted by Gasteiger charge is -2.18. The molecule has 7 heteroatoms. The van der Waals surface area contributed by atoms with Gasteiger partial charge in [-0.25, -0.2) is 4.98 Å². The van der Waals surface area contributed by atoms with Crippen molar-refractivity contribution in [2.45, 2.75) is 12.5 Å². The van der Waals surface area contributed by atoms with Crippen molar-refractivity contribution >= 4 is 15.9 Å². The molecule has 0 unspecified atom stereocenters. The third-order valence-corrected chi connectivity index (χ3v) is 3.34. The third kappa shape index (κ3) is 3.78. The maximum atomic E-state index is 13.8. The summed E-state index contributed by atoms with van der Waals surface area (Å²) in [5.41, 5.74) is -0.156. The highest BCUT2D eigenvalue weighted by atomic mass is 79.9. The zero-order chi connectivity index (χ0) is 16.2. The van der Waals surface area contributed by atoms with Gasteiger partial charge in [-0.3, -0.25) is 0 Å². The van der Waals surface area contributed by atoms with Crippen molar-refractivity contribution in [1.82, 2.24) is 4.98 Å². The number of hydrogen-bond acceptors (Lipinski definition) is 4. The zero-order valence-electron chi connectivity index (χ0n) is 11.3. The minimum atomic E-state index is -3.45. The molecule has 0 atom stereocenters. The summed E-state index contributed by atoms with van der Waals surface area (Å²) in [6.07, 6.45) is 0. The van der Waals surface area contributed by atoms with Gasteiger partial charge in [-0.1, -0.05) is 12.1 Å². The first-order chi connectivity index (χ1) is 10.5. The van der Waals surface area contributed by atoms with E-state index in [9.17, 15) is 8.78 Å². The van der Waals surface area contributed by atoms with Crippen LogP contribution < -0.4 is 4.74 Å². The third-order valence-electron chi connectivity index (χ3n) is 2.90. The van der Waals surface area contributed by atoms with Crippen molar-refractivity contribution in [3.05, 3.63) is 57.7 Å². The smallest absolute Gasteiger partial charge is 0.296 e. The Morgan fingerprint density at radius 3 is 2.73 bits per heavy atom.